The van der Waals surface area contributed by atoms with E-state index in [1.807, 2.05) is 25.1 Å². The molecule has 0 spiro atoms. The molecule has 0 amide bonds. The number of ether oxygens (including phenoxy) is 2. The zero-order chi connectivity index (χ0) is 21.4. The van der Waals surface area contributed by atoms with E-state index in [0.717, 1.165) is 24.0 Å². The van der Waals surface area contributed by atoms with Crippen LogP contribution in [0.2, 0.25) is 0 Å². The van der Waals surface area contributed by atoms with Crippen LogP contribution >= 0.6 is 0 Å². The molecule has 0 radical (unpaired) electrons. The molecule has 2 aromatic rings. The average Bonchev–Trinajstić information content (AvgIpc) is 2.79. The van der Waals surface area contributed by atoms with E-state index < -0.39 is 15.7 Å². The molecule has 2 bridgehead atoms. The third-order valence-electron chi connectivity index (χ3n) is 6.43. The highest BCUT2D eigenvalue weighted by Crippen LogP contribution is 2.54. The van der Waals surface area contributed by atoms with Gasteiger partial charge in [0.15, 0.2) is 0 Å². The molecule has 6 nitrogen and oxygen atoms in total. The fourth-order valence-electron chi connectivity index (χ4n) is 4.44. The largest absolute Gasteiger partial charge is 0.465 e. The van der Waals surface area contributed by atoms with Gasteiger partial charge < -0.3 is 9.47 Å². The molecule has 2 saturated heterocycles. The van der Waals surface area contributed by atoms with Crippen LogP contribution in [-0.4, -0.2) is 34.7 Å². The van der Waals surface area contributed by atoms with Gasteiger partial charge in [0.1, 0.15) is 0 Å². The van der Waals surface area contributed by atoms with E-state index in [9.17, 15) is 13.2 Å². The minimum Gasteiger partial charge on any atom is -0.465 e. The first-order valence-electron chi connectivity index (χ1n) is 10.1. The van der Waals surface area contributed by atoms with Gasteiger partial charge in [-0.2, -0.15) is 8.42 Å². The van der Waals surface area contributed by atoms with Gasteiger partial charge in [0, 0.05) is 5.41 Å². The second kappa shape index (κ2) is 7.80. The van der Waals surface area contributed by atoms with Crippen LogP contribution in [0, 0.1) is 12.3 Å². The van der Waals surface area contributed by atoms with Crippen molar-refractivity contribution in [3.8, 4) is 0 Å². The molecule has 160 valence electrons. The van der Waals surface area contributed by atoms with E-state index in [0.29, 0.717) is 25.0 Å². The summed E-state index contributed by atoms with van der Waals surface area (Å²) >= 11 is 0. The van der Waals surface area contributed by atoms with Crippen LogP contribution in [0.3, 0.4) is 0 Å². The SMILES string of the molecule is COC(=O)c1ccccc1C12CCC(COS(=O)(=O)c3ccc(C)cc3)(CC1)CO2. The van der Waals surface area contributed by atoms with E-state index in [-0.39, 0.29) is 22.9 Å². The number of hydrogen-bond donors (Lipinski definition) is 0. The minimum absolute atomic E-state index is 0.0952. The standard InChI is InChI=1S/C23H26O6S/c1-17-7-9-18(10-8-17)30(25,26)29-16-22-11-13-23(14-12-22,28-15-22)20-6-4-3-5-19(20)21(24)27-2/h3-10H,11-16H2,1-2H3. The van der Waals surface area contributed by atoms with Crippen LogP contribution < -0.4 is 0 Å². The van der Waals surface area contributed by atoms with Crippen LogP contribution in [0.4, 0.5) is 0 Å². The van der Waals surface area contributed by atoms with E-state index >= 15 is 0 Å². The fourth-order valence-corrected chi connectivity index (χ4v) is 5.45. The monoisotopic (exact) mass is 430 g/mol. The highest BCUT2D eigenvalue weighted by atomic mass is 32.2. The number of rotatable bonds is 6. The van der Waals surface area contributed by atoms with Gasteiger partial charge in [-0.15, -0.1) is 0 Å². The van der Waals surface area contributed by atoms with Crippen molar-refractivity contribution >= 4 is 16.1 Å². The predicted octanol–water partition coefficient (Wildman–Crippen LogP) is 3.97. The summed E-state index contributed by atoms with van der Waals surface area (Å²) in [6, 6.07) is 14.0. The van der Waals surface area contributed by atoms with Crippen LogP contribution in [0.5, 0.6) is 0 Å². The third-order valence-corrected chi connectivity index (χ3v) is 7.70. The Morgan fingerprint density at radius 1 is 1.03 bits per heavy atom. The molecule has 0 N–H and O–H groups in total. The molecule has 2 aliphatic heterocycles. The molecule has 3 fully saturated rings. The van der Waals surface area contributed by atoms with E-state index in [1.165, 1.54) is 7.11 Å². The second-order valence-electron chi connectivity index (χ2n) is 8.35. The van der Waals surface area contributed by atoms with Gasteiger partial charge in [-0.3, -0.25) is 4.18 Å². The zero-order valence-corrected chi connectivity index (χ0v) is 18.0. The van der Waals surface area contributed by atoms with Crippen LogP contribution in [0.1, 0.15) is 47.2 Å². The topological polar surface area (TPSA) is 78.9 Å². The predicted molar refractivity (Wildman–Crippen MR) is 111 cm³/mol. The summed E-state index contributed by atoms with van der Waals surface area (Å²) in [5.74, 6) is -0.376. The first-order valence-corrected chi connectivity index (χ1v) is 11.5. The lowest BCUT2D eigenvalue weighted by Gasteiger charge is -2.53. The van der Waals surface area contributed by atoms with Gasteiger partial charge in [-0.05, 0) is 56.4 Å². The summed E-state index contributed by atoms with van der Waals surface area (Å²) in [5, 5.41) is 0. The molecule has 5 rings (SSSR count). The number of benzene rings is 2. The van der Waals surface area contributed by atoms with Crippen molar-refractivity contribution < 1.29 is 26.9 Å². The molecular weight excluding hydrogens is 404 g/mol. The maximum absolute atomic E-state index is 12.6. The summed E-state index contributed by atoms with van der Waals surface area (Å²) in [6.45, 7) is 2.39. The number of fused-ring (bicyclic) bond motifs is 3. The van der Waals surface area contributed by atoms with E-state index in [4.69, 9.17) is 13.7 Å². The number of carbonyl (C=O) groups is 1. The van der Waals surface area contributed by atoms with Crippen molar-refractivity contribution in [1.29, 1.82) is 0 Å². The quantitative estimate of drug-likeness (QED) is 0.510. The van der Waals surface area contributed by atoms with Crippen molar-refractivity contribution in [2.75, 3.05) is 20.3 Å². The van der Waals surface area contributed by atoms with Crippen LogP contribution in [0.25, 0.3) is 0 Å². The Bertz CT molecular complexity index is 1020. The van der Waals surface area contributed by atoms with E-state index in [1.54, 1.807) is 30.3 Å². The van der Waals surface area contributed by atoms with Gasteiger partial charge in [0.05, 0.1) is 36.4 Å². The van der Waals surface area contributed by atoms with Gasteiger partial charge in [0.2, 0.25) is 0 Å². The molecule has 0 atom stereocenters. The van der Waals surface area contributed by atoms with Crippen LogP contribution in [0.15, 0.2) is 53.4 Å². The molecule has 0 unspecified atom stereocenters. The maximum atomic E-state index is 12.6. The first kappa shape index (κ1) is 21.0. The molecule has 3 aliphatic rings. The summed E-state index contributed by atoms with van der Waals surface area (Å²) in [5.41, 5.74) is 1.48. The van der Waals surface area contributed by atoms with Gasteiger partial charge >= 0.3 is 5.97 Å². The number of esters is 1. The highest BCUT2D eigenvalue weighted by molar-refractivity contribution is 7.86. The fraction of sp³-hybridized carbons (Fsp3) is 0.435. The summed E-state index contributed by atoms with van der Waals surface area (Å²) < 4.78 is 41.8. The number of methoxy groups -OCH3 is 1. The average molecular weight is 431 g/mol. The third kappa shape index (κ3) is 3.77. The van der Waals surface area contributed by atoms with Gasteiger partial charge in [-0.1, -0.05) is 35.9 Å². The molecule has 7 heteroatoms. The highest BCUT2D eigenvalue weighted by Gasteiger charge is 2.52. The van der Waals surface area contributed by atoms with E-state index in [2.05, 4.69) is 0 Å². The molecule has 0 aromatic heterocycles. The lowest BCUT2D eigenvalue weighted by Crippen LogP contribution is -2.51. The Labute approximate surface area is 177 Å². The number of aryl methyl sites for hydroxylation is 1. The Morgan fingerprint density at radius 2 is 1.70 bits per heavy atom. The van der Waals surface area contributed by atoms with Gasteiger partial charge in [0.25, 0.3) is 10.1 Å². The molecule has 2 aromatic carbocycles. The van der Waals surface area contributed by atoms with Crippen molar-refractivity contribution in [2.24, 2.45) is 5.41 Å². The van der Waals surface area contributed by atoms with Crippen molar-refractivity contribution in [3.63, 3.8) is 0 Å². The zero-order valence-electron chi connectivity index (χ0n) is 17.2. The number of hydrogen-bond acceptors (Lipinski definition) is 6. The normalized spacial score (nSPS) is 25.8. The smallest absolute Gasteiger partial charge is 0.338 e. The Kier molecular flexibility index (Phi) is 5.46. The van der Waals surface area contributed by atoms with Crippen molar-refractivity contribution in [2.45, 2.75) is 43.1 Å². The number of carbonyl (C=O) groups excluding carboxylic acids is 1. The van der Waals surface area contributed by atoms with Crippen molar-refractivity contribution in [1.82, 2.24) is 0 Å². The summed E-state index contributed by atoms with van der Waals surface area (Å²) in [7, 11) is -2.44. The lowest BCUT2D eigenvalue weighted by atomic mass is 9.64. The molecule has 30 heavy (non-hydrogen) atoms. The van der Waals surface area contributed by atoms with Crippen LogP contribution in [-0.2, 0) is 29.4 Å². The summed E-state index contributed by atoms with van der Waals surface area (Å²) in [6.07, 6.45) is 2.95. The molecule has 2 heterocycles. The van der Waals surface area contributed by atoms with Crippen molar-refractivity contribution in [3.05, 3.63) is 65.2 Å². The maximum Gasteiger partial charge on any atom is 0.338 e. The lowest BCUT2D eigenvalue weighted by molar-refractivity contribution is -0.197. The summed E-state index contributed by atoms with van der Waals surface area (Å²) in [4.78, 5) is 12.4. The van der Waals surface area contributed by atoms with Gasteiger partial charge in [-0.25, -0.2) is 4.79 Å². The Hall–Kier alpha value is -2.22. The Balaban J connectivity index is 1.48. The Morgan fingerprint density at radius 3 is 2.30 bits per heavy atom. The first-order chi connectivity index (χ1) is 14.3. The molecule has 1 saturated carbocycles. The second-order valence-corrected chi connectivity index (χ2v) is 9.96. The molecule has 1 aliphatic carbocycles. The molecular formula is C23H26O6S. The minimum atomic E-state index is -3.81.